The van der Waals surface area contributed by atoms with E-state index in [1.807, 2.05) is 59.2 Å². The Labute approximate surface area is 146 Å². The summed E-state index contributed by atoms with van der Waals surface area (Å²) in [6.07, 6.45) is 7.30. The molecule has 0 N–H and O–H groups in total. The van der Waals surface area contributed by atoms with Crippen LogP contribution in [0.25, 0.3) is 5.82 Å². The van der Waals surface area contributed by atoms with Gasteiger partial charge in [0, 0.05) is 51.8 Å². The molecule has 1 fully saturated rings. The Morgan fingerprint density at radius 3 is 2.48 bits per heavy atom. The van der Waals surface area contributed by atoms with E-state index in [0.717, 1.165) is 24.7 Å². The molecule has 0 aliphatic carbocycles. The van der Waals surface area contributed by atoms with Crippen molar-refractivity contribution in [2.24, 2.45) is 7.05 Å². The van der Waals surface area contributed by atoms with Crippen molar-refractivity contribution in [1.29, 1.82) is 0 Å². The van der Waals surface area contributed by atoms with Gasteiger partial charge in [0.05, 0.1) is 6.20 Å². The average Bonchev–Trinajstić information content (AvgIpc) is 3.31. The van der Waals surface area contributed by atoms with Crippen molar-refractivity contribution in [3.63, 3.8) is 0 Å². The lowest BCUT2D eigenvalue weighted by Crippen LogP contribution is -2.49. The fourth-order valence-electron chi connectivity index (χ4n) is 3.21. The van der Waals surface area contributed by atoms with Crippen LogP contribution in [0.5, 0.6) is 0 Å². The van der Waals surface area contributed by atoms with E-state index in [9.17, 15) is 4.79 Å². The minimum atomic E-state index is 0.0254. The highest BCUT2D eigenvalue weighted by Crippen LogP contribution is 2.19. The molecule has 4 heterocycles. The summed E-state index contributed by atoms with van der Waals surface area (Å²) < 4.78 is 3.65. The molecule has 4 rings (SSSR count). The predicted octanol–water partition coefficient (Wildman–Crippen LogP) is 1.57. The van der Waals surface area contributed by atoms with Gasteiger partial charge in [-0.15, -0.1) is 0 Å². The Kier molecular flexibility index (Phi) is 3.97. The predicted molar refractivity (Wildman–Crippen MR) is 94.9 cm³/mol. The first-order valence-electron chi connectivity index (χ1n) is 8.34. The quantitative estimate of drug-likeness (QED) is 0.728. The number of amides is 1. The van der Waals surface area contributed by atoms with Crippen LogP contribution in [0.4, 0.5) is 5.82 Å². The van der Waals surface area contributed by atoms with Gasteiger partial charge in [-0.1, -0.05) is 6.07 Å². The molecule has 1 amide bonds. The Morgan fingerprint density at radius 2 is 1.80 bits per heavy atom. The van der Waals surface area contributed by atoms with Crippen molar-refractivity contribution in [3.8, 4) is 5.82 Å². The Morgan fingerprint density at radius 1 is 1.04 bits per heavy atom. The third-order valence-corrected chi connectivity index (χ3v) is 4.53. The molecule has 1 aliphatic rings. The largest absolute Gasteiger partial charge is 0.353 e. The topological polar surface area (TPSA) is 59.2 Å². The first kappa shape index (κ1) is 15.4. The number of rotatable bonds is 3. The van der Waals surface area contributed by atoms with Gasteiger partial charge in [-0.25, -0.2) is 4.98 Å². The number of anilines is 1. The van der Waals surface area contributed by atoms with Crippen LogP contribution in [0.1, 0.15) is 10.4 Å². The summed E-state index contributed by atoms with van der Waals surface area (Å²) in [5.41, 5.74) is 0.630. The number of piperazine rings is 1. The number of aryl methyl sites for hydroxylation is 1. The molecule has 0 spiro atoms. The molecule has 1 aliphatic heterocycles. The molecular weight excluding hydrogens is 316 g/mol. The highest BCUT2D eigenvalue weighted by Gasteiger charge is 2.26. The van der Waals surface area contributed by atoms with E-state index < -0.39 is 0 Å². The van der Waals surface area contributed by atoms with Gasteiger partial charge < -0.3 is 14.4 Å². The maximum Gasteiger partial charge on any atom is 0.259 e. The third-order valence-electron chi connectivity index (χ3n) is 4.53. The lowest BCUT2D eigenvalue weighted by Gasteiger charge is -2.35. The summed E-state index contributed by atoms with van der Waals surface area (Å²) in [6.45, 7) is 2.91. The fraction of sp³-hybridized carbons (Fsp3) is 0.278. The van der Waals surface area contributed by atoms with Gasteiger partial charge in [0.2, 0.25) is 0 Å². The smallest absolute Gasteiger partial charge is 0.259 e. The van der Waals surface area contributed by atoms with E-state index in [-0.39, 0.29) is 5.91 Å². The van der Waals surface area contributed by atoms with E-state index in [1.165, 1.54) is 0 Å². The van der Waals surface area contributed by atoms with Gasteiger partial charge in [0.25, 0.3) is 5.91 Å². The van der Waals surface area contributed by atoms with Crippen LogP contribution in [-0.2, 0) is 7.05 Å². The molecule has 25 heavy (non-hydrogen) atoms. The van der Waals surface area contributed by atoms with Crippen LogP contribution in [0.2, 0.25) is 0 Å². The maximum atomic E-state index is 13.0. The Balaban J connectivity index is 1.50. The highest BCUT2D eigenvalue weighted by atomic mass is 16.2. The summed E-state index contributed by atoms with van der Waals surface area (Å²) in [5.74, 6) is 1.78. The number of carbonyl (C=O) groups is 1. The molecule has 3 aromatic rings. The standard InChI is InChI=1S/C18H20N6O/c1-21-17(23-8-4-5-9-23)15(14-20-21)18(25)24-12-10-22(11-13-24)16-6-2-3-7-19-16/h2-9,14H,10-13H2,1H3. The first-order valence-corrected chi connectivity index (χ1v) is 8.34. The van der Waals surface area contributed by atoms with Crippen LogP contribution < -0.4 is 4.90 Å². The number of carbonyl (C=O) groups excluding carboxylic acids is 1. The molecule has 0 atom stereocenters. The zero-order valence-corrected chi connectivity index (χ0v) is 14.1. The SMILES string of the molecule is Cn1ncc(C(=O)N2CCN(c3ccccn3)CC2)c1-n1cccc1. The molecule has 1 saturated heterocycles. The second-order valence-corrected chi connectivity index (χ2v) is 6.06. The van der Waals surface area contributed by atoms with Gasteiger partial charge >= 0.3 is 0 Å². The minimum absolute atomic E-state index is 0.0254. The lowest BCUT2D eigenvalue weighted by atomic mass is 10.2. The molecule has 0 bridgehead atoms. The molecule has 0 radical (unpaired) electrons. The molecule has 7 nitrogen and oxygen atoms in total. The van der Waals surface area contributed by atoms with E-state index in [2.05, 4.69) is 15.0 Å². The molecule has 3 aromatic heterocycles. The second kappa shape index (κ2) is 6.43. The van der Waals surface area contributed by atoms with Gasteiger partial charge in [-0.2, -0.15) is 5.10 Å². The van der Waals surface area contributed by atoms with Crippen LogP contribution >= 0.6 is 0 Å². The minimum Gasteiger partial charge on any atom is -0.353 e. The highest BCUT2D eigenvalue weighted by molar-refractivity contribution is 5.97. The van der Waals surface area contributed by atoms with Gasteiger partial charge in [-0.3, -0.25) is 9.48 Å². The Bertz CT molecular complexity index is 847. The van der Waals surface area contributed by atoms with Crippen molar-refractivity contribution in [2.75, 3.05) is 31.1 Å². The molecular formula is C18H20N6O. The second-order valence-electron chi connectivity index (χ2n) is 6.06. The van der Waals surface area contributed by atoms with Crippen molar-refractivity contribution < 1.29 is 4.79 Å². The lowest BCUT2D eigenvalue weighted by molar-refractivity contribution is 0.0746. The molecule has 128 valence electrons. The molecule has 0 aromatic carbocycles. The first-order chi connectivity index (χ1) is 12.2. The Hall–Kier alpha value is -3.09. The average molecular weight is 336 g/mol. The van der Waals surface area contributed by atoms with Crippen LogP contribution in [0.15, 0.2) is 55.1 Å². The number of hydrogen-bond acceptors (Lipinski definition) is 4. The zero-order valence-electron chi connectivity index (χ0n) is 14.1. The van der Waals surface area contributed by atoms with Crippen LogP contribution in [0, 0.1) is 0 Å². The maximum absolute atomic E-state index is 13.0. The van der Waals surface area contributed by atoms with E-state index >= 15 is 0 Å². The summed E-state index contributed by atoms with van der Waals surface area (Å²) >= 11 is 0. The summed E-state index contributed by atoms with van der Waals surface area (Å²) in [6, 6.07) is 9.77. The van der Waals surface area contributed by atoms with Crippen molar-refractivity contribution in [2.45, 2.75) is 0 Å². The summed E-state index contributed by atoms with van der Waals surface area (Å²) in [4.78, 5) is 21.5. The normalized spacial score (nSPS) is 14.8. The molecule has 0 unspecified atom stereocenters. The van der Waals surface area contributed by atoms with Gasteiger partial charge in [0.1, 0.15) is 17.2 Å². The van der Waals surface area contributed by atoms with E-state index in [0.29, 0.717) is 18.7 Å². The van der Waals surface area contributed by atoms with E-state index in [1.54, 1.807) is 17.1 Å². The van der Waals surface area contributed by atoms with Crippen LogP contribution in [0.3, 0.4) is 0 Å². The fourth-order valence-corrected chi connectivity index (χ4v) is 3.21. The molecule has 7 heteroatoms. The number of aromatic nitrogens is 4. The third kappa shape index (κ3) is 2.88. The zero-order chi connectivity index (χ0) is 17.2. The van der Waals surface area contributed by atoms with E-state index in [4.69, 9.17) is 0 Å². The number of nitrogens with zero attached hydrogens (tertiary/aromatic N) is 6. The summed E-state index contributed by atoms with van der Waals surface area (Å²) in [5, 5.41) is 4.28. The van der Waals surface area contributed by atoms with Gasteiger partial charge in [-0.05, 0) is 24.3 Å². The van der Waals surface area contributed by atoms with Crippen molar-refractivity contribution >= 4 is 11.7 Å². The van der Waals surface area contributed by atoms with Gasteiger partial charge in [0.15, 0.2) is 0 Å². The van der Waals surface area contributed by atoms with Crippen molar-refractivity contribution in [3.05, 3.63) is 60.7 Å². The van der Waals surface area contributed by atoms with Crippen molar-refractivity contribution in [1.82, 2.24) is 24.2 Å². The number of pyridine rings is 1. The van der Waals surface area contributed by atoms with Crippen LogP contribution in [-0.4, -0.2) is 56.3 Å². The monoisotopic (exact) mass is 336 g/mol. The summed E-state index contributed by atoms with van der Waals surface area (Å²) in [7, 11) is 1.85. The number of hydrogen-bond donors (Lipinski definition) is 0. The molecule has 0 saturated carbocycles.